The third kappa shape index (κ3) is 5.71. The van der Waals surface area contributed by atoms with Crippen molar-refractivity contribution in [3.8, 4) is 0 Å². The first-order chi connectivity index (χ1) is 14.1. The van der Waals surface area contributed by atoms with Gasteiger partial charge in [0.2, 0.25) is 5.91 Å². The summed E-state index contributed by atoms with van der Waals surface area (Å²) in [6.07, 6.45) is -3.34. The zero-order valence-corrected chi connectivity index (χ0v) is 17.6. The number of aryl methyl sites for hydroxylation is 1. The highest BCUT2D eigenvalue weighted by Crippen LogP contribution is 2.36. The van der Waals surface area contributed by atoms with E-state index in [2.05, 4.69) is 15.6 Å². The third-order valence-corrected chi connectivity index (χ3v) is 5.97. The van der Waals surface area contributed by atoms with Gasteiger partial charge in [0.25, 0.3) is 5.91 Å². The number of aromatic nitrogens is 1. The van der Waals surface area contributed by atoms with Crippen LogP contribution in [-0.4, -0.2) is 47.4 Å². The van der Waals surface area contributed by atoms with Crippen LogP contribution in [0.2, 0.25) is 5.02 Å². The molecule has 162 valence electrons. The van der Waals surface area contributed by atoms with Crippen molar-refractivity contribution in [2.45, 2.75) is 32.0 Å². The Balaban J connectivity index is 1.50. The number of halogens is 4. The van der Waals surface area contributed by atoms with E-state index >= 15 is 0 Å². The average molecular weight is 461 g/mol. The molecule has 1 saturated heterocycles. The number of benzene rings is 1. The molecule has 1 aliphatic rings. The Morgan fingerprint density at radius 1 is 1.30 bits per heavy atom. The van der Waals surface area contributed by atoms with Gasteiger partial charge < -0.3 is 10.6 Å². The van der Waals surface area contributed by atoms with Crippen LogP contribution in [0.1, 0.15) is 33.8 Å². The summed E-state index contributed by atoms with van der Waals surface area (Å²) in [6.45, 7) is 2.84. The molecule has 0 radical (unpaired) electrons. The lowest BCUT2D eigenvalue weighted by atomic mass is 10.0. The maximum Gasteiger partial charge on any atom is 0.418 e. The van der Waals surface area contributed by atoms with Gasteiger partial charge in [0, 0.05) is 24.2 Å². The summed E-state index contributed by atoms with van der Waals surface area (Å²) in [7, 11) is 0. The maximum absolute atomic E-state index is 13.2. The van der Waals surface area contributed by atoms with E-state index in [-0.39, 0.29) is 29.2 Å². The fraction of sp³-hybridized carbons (Fsp3) is 0.421. The number of alkyl halides is 3. The van der Waals surface area contributed by atoms with E-state index in [1.54, 1.807) is 12.4 Å². The van der Waals surface area contributed by atoms with Crippen molar-refractivity contribution >= 4 is 40.4 Å². The number of hydrogen-bond acceptors (Lipinski definition) is 5. The SMILES string of the molecule is Cc1ncsc1C(=O)NC1CCN(CC(=O)Nc2ccc(Cl)cc2C(F)(F)F)CC1. The number of rotatable bonds is 5. The number of nitrogens with one attached hydrogen (secondary N) is 2. The number of carbonyl (C=O) groups excluding carboxylic acids is 2. The molecule has 0 unspecified atom stereocenters. The van der Waals surface area contributed by atoms with Crippen molar-refractivity contribution in [2.24, 2.45) is 0 Å². The van der Waals surface area contributed by atoms with Crippen molar-refractivity contribution < 1.29 is 22.8 Å². The van der Waals surface area contributed by atoms with Crippen LogP contribution in [0, 0.1) is 6.92 Å². The van der Waals surface area contributed by atoms with Gasteiger partial charge in [-0.15, -0.1) is 11.3 Å². The van der Waals surface area contributed by atoms with Crippen molar-refractivity contribution in [1.82, 2.24) is 15.2 Å². The number of likely N-dealkylation sites (tertiary alicyclic amines) is 1. The molecule has 1 aliphatic heterocycles. The smallest absolute Gasteiger partial charge is 0.348 e. The second kappa shape index (κ2) is 9.32. The Morgan fingerprint density at radius 2 is 2.00 bits per heavy atom. The predicted octanol–water partition coefficient (Wildman–Crippen LogP) is 3.96. The third-order valence-electron chi connectivity index (χ3n) is 4.80. The number of hydrogen-bond donors (Lipinski definition) is 2. The number of amides is 2. The molecule has 6 nitrogen and oxygen atoms in total. The van der Waals surface area contributed by atoms with Gasteiger partial charge in [-0.05, 0) is 38.0 Å². The summed E-state index contributed by atoms with van der Waals surface area (Å²) < 4.78 is 39.5. The highest BCUT2D eigenvalue weighted by atomic mass is 35.5. The minimum atomic E-state index is -4.62. The van der Waals surface area contributed by atoms with Gasteiger partial charge in [-0.1, -0.05) is 11.6 Å². The lowest BCUT2D eigenvalue weighted by Crippen LogP contribution is -2.46. The molecule has 2 aromatic rings. The Bertz CT molecular complexity index is 927. The van der Waals surface area contributed by atoms with Gasteiger partial charge in [0.1, 0.15) is 4.88 Å². The van der Waals surface area contributed by atoms with Gasteiger partial charge in [-0.25, -0.2) is 4.98 Å². The topological polar surface area (TPSA) is 74.3 Å². The molecule has 0 bridgehead atoms. The van der Waals surface area contributed by atoms with Gasteiger partial charge in [0.15, 0.2) is 0 Å². The highest BCUT2D eigenvalue weighted by Gasteiger charge is 2.34. The minimum absolute atomic E-state index is 0.0218. The van der Waals surface area contributed by atoms with E-state index in [0.717, 1.165) is 12.1 Å². The average Bonchev–Trinajstić information content (AvgIpc) is 3.10. The van der Waals surface area contributed by atoms with Crippen LogP contribution in [0.4, 0.5) is 18.9 Å². The molecule has 3 rings (SSSR count). The second-order valence-electron chi connectivity index (χ2n) is 7.03. The van der Waals surface area contributed by atoms with E-state index in [4.69, 9.17) is 11.6 Å². The standard InChI is InChI=1S/C19H20ClF3N4O2S/c1-11-17(30-10-24-11)18(29)25-13-4-6-27(7-5-13)9-16(28)26-15-3-2-12(20)8-14(15)19(21,22)23/h2-3,8,10,13H,4-7,9H2,1H3,(H,25,29)(H,26,28). The molecule has 1 aromatic carbocycles. The van der Waals surface area contributed by atoms with Gasteiger partial charge >= 0.3 is 6.18 Å². The monoisotopic (exact) mass is 460 g/mol. The van der Waals surface area contributed by atoms with Crippen LogP contribution in [0.15, 0.2) is 23.7 Å². The molecule has 11 heteroatoms. The first kappa shape index (κ1) is 22.5. The molecular weight excluding hydrogens is 441 g/mol. The van der Waals surface area contributed by atoms with Crippen LogP contribution in [0.3, 0.4) is 0 Å². The first-order valence-electron chi connectivity index (χ1n) is 9.23. The number of anilines is 1. The molecule has 0 spiro atoms. The van der Waals surface area contributed by atoms with Crippen molar-refractivity contribution in [1.29, 1.82) is 0 Å². The summed E-state index contributed by atoms with van der Waals surface area (Å²) in [6, 6.07) is 3.21. The normalized spacial score (nSPS) is 15.8. The molecule has 2 N–H and O–H groups in total. The molecule has 2 amide bonds. The Kier molecular flexibility index (Phi) is 6.99. The summed E-state index contributed by atoms with van der Waals surface area (Å²) in [4.78, 5) is 31.0. The number of nitrogens with zero attached hydrogens (tertiary/aromatic N) is 2. The predicted molar refractivity (Wildman–Crippen MR) is 109 cm³/mol. The zero-order chi connectivity index (χ0) is 21.9. The molecular formula is C19H20ClF3N4O2S. The molecule has 0 aliphatic carbocycles. The Morgan fingerprint density at radius 3 is 2.60 bits per heavy atom. The molecule has 30 heavy (non-hydrogen) atoms. The molecule has 0 atom stereocenters. The maximum atomic E-state index is 13.2. The molecule has 1 fully saturated rings. The number of thiazole rings is 1. The quantitative estimate of drug-likeness (QED) is 0.708. The number of piperidine rings is 1. The van der Waals surface area contributed by atoms with Gasteiger partial charge in [-0.2, -0.15) is 13.2 Å². The molecule has 1 aromatic heterocycles. The largest absolute Gasteiger partial charge is 0.418 e. The summed E-state index contributed by atoms with van der Waals surface area (Å²) >= 11 is 6.94. The van der Waals surface area contributed by atoms with E-state index in [0.29, 0.717) is 36.5 Å². The van der Waals surface area contributed by atoms with Crippen LogP contribution < -0.4 is 10.6 Å². The van der Waals surface area contributed by atoms with E-state index in [1.807, 2.05) is 4.90 Å². The van der Waals surface area contributed by atoms with E-state index in [1.165, 1.54) is 17.4 Å². The summed E-state index contributed by atoms with van der Waals surface area (Å²) in [5, 5.41) is 5.24. The summed E-state index contributed by atoms with van der Waals surface area (Å²) in [5.41, 5.74) is 1.00. The van der Waals surface area contributed by atoms with Gasteiger partial charge in [0.05, 0.1) is 29.0 Å². The molecule has 2 heterocycles. The Labute approximate surface area is 180 Å². The number of carbonyl (C=O) groups is 2. The van der Waals surface area contributed by atoms with Crippen LogP contribution in [0.25, 0.3) is 0 Å². The lowest BCUT2D eigenvalue weighted by molar-refractivity contribution is -0.137. The van der Waals surface area contributed by atoms with Crippen molar-refractivity contribution in [3.05, 3.63) is 44.9 Å². The highest BCUT2D eigenvalue weighted by molar-refractivity contribution is 7.11. The fourth-order valence-corrected chi connectivity index (χ4v) is 4.14. The van der Waals surface area contributed by atoms with Crippen LogP contribution in [-0.2, 0) is 11.0 Å². The molecule has 0 saturated carbocycles. The van der Waals surface area contributed by atoms with Gasteiger partial charge in [-0.3, -0.25) is 14.5 Å². The Hall–Kier alpha value is -2.17. The zero-order valence-electron chi connectivity index (χ0n) is 16.1. The summed E-state index contributed by atoms with van der Waals surface area (Å²) in [5.74, 6) is -0.695. The van der Waals surface area contributed by atoms with Crippen molar-refractivity contribution in [2.75, 3.05) is 25.0 Å². The van der Waals surface area contributed by atoms with E-state index in [9.17, 15) is 22.8 Å². The van der Waals surface area contributed by atoms with E-state index < -0.39 is 17.6 Å². The van der Waals surface area contributed by atoms with Crippen LogP contribution in [0.5, 0.6) is 0 Å². The second-order valence-corrected chi connectivity index (χ2v) is 8.32. The lowest BCUT2D eigenvalue weighted by Gasteiger charge is -2.31. The minimum Gasteiger partial charge on any atom is -0.348 e. The van der Waals surface area contributed by atoms with Crippen molar-refractivity contribution in [3.63, 3.8) is 0 Å². The first-order valence-corrected chi connectivity index (χ1v) is 10.5. The van der Waals surface area contributed by atoms with Crippen LogP contribution >= 0.6 is 22.9 Å². The fourth-order valence-electron chi connectivity index (χ4n) is 3.26.